The van der Waals surface area contributed by atoms with Gasteiger partial charge in [-0.15, -0.1) is 0 Å². The van der Waals surface area contributed by atoms with Gasteiger partial charge >= 0.3 is 0 Å². The van der Waals surface area contributed by atoms with Crippen LogP contribution in [0, 0.1) is 17.2 Å². The largest absolute Gasteiger partial charge is 0.303 e. The summed E-state index contributed by atoms with van der Waals surface area (Å²) >= 11 is 0. The number of nitrogens with zero attached hydrogens (tertiary/aromatic N) is 1. The highest BCUT2D eigenvalue weighted by atomic mass is 16.1. The maximum absolute atomic E-state index is 9.90. The number of carbonyl (C=O) groups excluding carboxylic acids is 2. The molecule has 0 saturated heterocycles. The fourth-order valence-corrected chi connectivity index (χ4v) is 0.399. The maximum atomic E-state index is 9.90. The number of rotatable bonds is 4. The van der Waals surface area contributed by atoms with Crippen LogP contribution in [0.2, 0.25) is 0 Å². The van der Waals surface area contributed by atoms with Gasteiger partial charge in [-0.05, 0) is 6.42 Å². The van der Waals surface area contributed by atoms with Gasteiger partial charge in [0.2, 0.25) is 0 Å². The summed E-state index contributed by atoms with van der Waals surface area (Å²) in [5.41, 5.74) is 0. The Morgan fingerprint density at radius 3 is 2.33 bits per heavy atom. The van der Waals surface area contributed by atoms with Crippen LogP contribution >= 0.6 is 0 Å². The second-order valence-electron chi connectivity index (χ2n) is 1.63. The van der Waals surface area contributed by atoms with Crippen molar-refractivity contribution >= 4 is 12.6 Å². The molecule has 0 aromatic rings. The van der Waals surface area contributed by atoms with E-state index in [9.17, 15) is 9.59 Å². The molecule has 0 spiro atoms. The van der Waals surface area contributed by atoms with E-state index in [2.05, 4.69) is 0 Å². The van der Waals surface area contributed by atoms with Gasteiger partial charge in [0.1, 0.15) is 12.6 Å². The van der Waals surface area contributed by atoms with Crippen LogP contribution in [0.5, 0.6) is 0 Å². The normalized spacial score (nSPS) is 8.44. The number of carbonyl (C=O) groups is 2. The van der Waals surface area contributed by atoms with Crippen molar-refractivity contribution in [3.05, 3.63) is 0 Å². The van der Waals surface area contributed by atoms with Crippen LogP contribution in [0.1, 0.15) is 12.8 Å². The summed E-state index contributed by atoms with van der Waals surface area (Å²) in [5, 5.41) is 8.02. The van der Waals surface area contributed by atoms with Crippen molar-refractivity contribution in [2.45, 2.75) is 12.8 Å². The fraction of sp³-hybridized carbons (Fsp3) is 0.500. The zero-order valence-electron chi connectivity index (χ0n) is 4.91. The van der Waals surface area contributed by atoms with Crippen LogP contribution in [0.4, 0.5) is 0 Å². The monoisotopic (exact) mass is 125 g/mol. The quantitative estimate of drug-likeness (QED) is 0.401. The van der Waals surface area contributed by atoms with Gasteiger partial charge in [0.05, 0.1) is 12.0 Å². The molecule has 0 N–H and O–H groups in total. The summed E-state index contributed by atoms with van der Waals surface area (Å²) in [6.07, 6.45) is 1.74. The van der Waals surface area contributed by atoms with Crippen molar-refractivity contribution in [2.24, 2.45) is 5.92 Å². The fourth-order valence-electron chi connectivity index (χ4n) is 0.399. The van der Waals surface area contributed by atoms with E-state index < -0.39 is 5.92 Å². The van der Waals surface area contributed by atoms with E-state index in [1.807, 2.05) is 6.07 Å². The minimum atomic E-state index is -0.579. The second-order valence-corrected chi connectivity index (χ2v) is 1.63. The van der Waals surface area contributed by atoms with Gasteiger partial charge in [-0.3, -0.25) is 0 Å². The van der Waals surface area contributed by atoms with Gasteiger partial charge in [-0.1, -0.05) is 0 Å². The molecule has 0 aliphatic heterocycles. The third-order valence-corrected chi connectivity index (χ3v) is 0.939. The van der Waals surface area contributed by atoms with E-state index in [1.54, 1.807) is 0 Å². The van der Waals surface area contributed by atoms with Gasteiger partial charge in [0.25, 0.3) is 0 Å². The van der Waals surface area contributed by atoms with Crippen molar-refractivity contribution in [2.75, 3.05) is 0 Å². The molecule has 0 heterocycles. The lowest BCUT2D eigenvalue weighted by Gasteiger charge is -1.92. The number of hydrogen-bond donors (Lipinski definition) is 0. The first-order valence-corrected chi connectivity index (χ1v) is 2.62. The summed E-state index contributed by atoms with van der Waals surface area (Å²) in [4.78, 5) is 19.8. The Labute approximate surface area is 53.3 Å². The summed E-state index contributed by atoms with van der Waals surface area (Å²) in [7, 11) is 0. The molecule has 0 amide bonds. The zero-order valence-corrected chi connectivity index (χ0v) is 4.91. The Morgan fingerprint density at radius 2 is 2.00 bits per heavy atom. The molecular formula is C6H7NO2. The Bertz CT molecular complexity index is 128. The van der Waals surface area contributed by atoms with Crippen LogP contribution in [0.25, 0.3) is 0 Å². The van der Waals surface area contributed by atoms with Gasteiger partial charge < -0.3 is 9.59 Å². The van der Waals surface area contributed by atoms with Gasteiger partial charge in [0.15, 0.2) is 0 Å². The van der Waals surface area contributed by atoms with E-state index >= 15 is 0 Å². The molecular weight excluding hydrogens is 118 g/mol. The van der Waals surface area contributed by atoms with Crippen molar-refractivity contribution in [1.82, 2.24) is 0 Å². The number of hydrogen-bond acceptors (Lipinski definition) is 3. The maximum Gasteiger partial charge on any atom is 0.130 e. The second kappa shape index (κ2) is 4.98. The molecule has 3 nitrogen and oxygen atoms in total. The summed E-state index contributed by atoms with van der Waals surface area (Å²) in [6, 6.07) is 1.85. The molecule has 0 radical (unpaired) electrons. The Morgan fingerprint density at radius 1 is 1.44 bits per heavy atom. The van der Waals surface area contributed by atoms with Crippen LogP contribution in [-0.2, 0) is 9.59 Å². The van der Waals surface area contributed by atoms with E-state index in [-0.39, 0.29) is 6.42 Å². The highest BCUT2D eigenvalue weighted by Gasteiger charge is 2.02. The van der Waals surface area contributed by atoms with E-state index in [4.69, 9.17) is 5.26 Å². The zero-order chi connectivity index (χ0) is 7.11. The minimum Gasteiger partial charge on any atom is -0.303 e. The van der Waals surface area contributed by atoms with E-state index in [0.717, 1.165) is 0 Å². The number of nitriles is 1. The van der Waals surface area contributed by atoms with Crippen molar-refractivity contribution in [3.8, 4) is 6.07 Å². The third kappa shape index (κ3) is 3.42. The SMILES string of the molecule is N#CCCC(C=O)C=O. The first-order valence-electron chi connectivity index (χ1n) is 2.62. The minimum absolute atomic E-state index is 0.266. The Hall–Kier alpha value is -1.17. The summed E-state index contributed by atoms with van der Waals surface area (Å²) in [6.45, 7) is 0. The molecule has 0 aliphatic rings. The smallest absolute Gasteiger partial charge is 0.130 e. The molecule has 0 aromatic carbocycles. The Balaban J connectivity index is 3.45. The van der Waals surface area contributed by atoms with Crippen LogP contribution < -0.4 is 0 Å². The highest BCUT2D eigenvalue weighted by molar-refractivity contribution is 5.77. The molecule has 0 saturated carbocycles. The molecule has 0 unspecified atom stereocenters. The lowest BCUT2D eigenvalue weighted by Crippen LogP contribution is -2.01. The van der Waals surface area contributed by atoms with Crippen LogP contribution in [0.3, 0.4) is 0 Å². The molecule has 0 bridgehead atoms. The first-order chi connectivity index (χ1) is 4.35. The number of aldehydes is 2. The third-order valence-electron chi connectivity index (χ3n) is 0.939. The molecule has 48 valence electrons. The van der Waals surface area contributed by atoms with Crippen molar-refractivity contribution < 1.29 is 9.59 Å². The molecule has 0 rings (SSSR count). The summed E-state index contributed by atoms with van der Waals surface area (Å²) < 4.78 is 0. The average Bonchev–Trinajstić information content (AvgIpc) is 1.91. The van der Waals surface area contributed by atoms with Gasteiger partial charge in [0, 0.05) is 6.42 Å². The van der Waals surface area contributed by atoms with E-state index in [0.29, 0.717) is 19.0 Å². The molecule has 0 fully saturated rings. The van der Waals surface area contributed by atoms with Crippen molar-refractivity contribution in [3.63, 3.8) is 0 Å². The van der Waals surface area contributed by atoms with Crippen LogP contribution in [-0.4, -0.2) is 12.6 Å². The molecule has 9 heavy (non-hydrogen) atoms. The molecule has 0 aliphatic carbocycles. The van der Waals surface area contributed by atoms with Gasteiger partial charge in [-0.2, -0.15) is 5.26 Å². The molecule has 0 atom stereocenters. The first kappa shape index (κ1) is 7.83. The molecule has 0 aromatic heterocycles. The topological polar surface area (TPSA) is 57.9 Å². The highest BCUT2D eigenvalue weighted by Crippen LogP contribution is 1.97. The lowest BCUT2D eigenvalue weighted by molar-refractivity contribution is -0.119. The van der Waals surface area contributed by atoms with Crippen molar-refractivity contribution in [1.29, 1.82) is 5.26 Å². The summed E-state index contributed by atoms with van der Waals surface area (Å²) in [5.74, 6) is -0.579. The van der Waals surface area contributed by atoms with E-state index in [1.165, 1.54) is 0 Å². The Kier molecular flexibility index (Phi) is 4.33. The lowest BCUT2D eigenvalue weighted by atomic mass is 10.1. The van der Waals surface area contributed by atoms with Gasteiger partial charge in [-0.25, -0.2) is 0 Å². The molecule has 3 heteroatoms. The van der Waals surface area contributed by atoms with Crippen LogP contribution in [0.15, 0.2) is 0 Å². The predicted molar refractivity (Wildman–Crippen MR) is 30.5 cm³/mol. The standard InChI is InChI=1S/C6H7NO2/c7-3-1-2-6(4-8)5-9/h4-6H,1-2H2. The average molecular weight is 125 g/mol. The predicted octanol–water partition coefficient (Wildman–Crippen LogP) is 0.304.